The van der Waals surface area contributed by atoms with Gasteiger partial charge in [-0.2, -0.15) is 0 Å². The number of halogens is 2. The van der Waals surface area contributed by atoms with Crippen LogP contribution >= 0.6 is 23.4 Å². The average Bonchev–Trinajstić information content (AvgIpc) is 3.16. The zero-order chi connectivity index (χ0) is 25.9. The molecule has 190 valence electrons. The van der Waals surface area contributed by atoms with Gasteiger partial charge in [0.25, 0.3) is 5.91 Å². The number of fused-ring (bicyclic) bond motifs is 2. The Morgan fingerprint density at radius 2 is 1.95 bits per heavy atom. The van der Waals surface area contributed by atoms with Crippen molar-refractivity contribution < 1.29 is 18.8 Å². The summed E-state index contributed by atoms with van der Waals surface area (Å²) in [5.41, 5.74) is 8.64. The topological polar surface area (TPSA) is 125 Å². The van der Waals surface area contributed by atoms with Crippen LogP contribution < -0.4 is 21.5 Å². The summed E-state index contributed by atoms with van der Waals surface area (Å²) in [5, 5.41) is 5.43. The molecule has 1 saturated heterocycles. The Balaban J connectivity index is 1.22. The number of hydrogen-bond donors (Lipinski definition) is 4. The molecule has 3 aromatic rings. The van der Waals surface area contributed by atoms with Gasteiger partial charge in [-0.15, -0.1) is 0 Å². The molecule has 1 aliphatic heterocycles. The summed E-state index contributed by atoms with van der Waals surface area (Å²) < 4.78 is 14.3. The number of aryl methyl sites for hydroxylation is 1. The molecule has 1 aromatic carbocycles. The fraction of sp³-hybridized carbons (Fsp3) is 0.240. The van der Waals surface area contributed by atoms with Crippen molar-refractivity contribution in [2.24, 2.45) is 0 Å². The number of carbonyl (C=O) groups excluding carboxylic acids is 3. The maximum Gasteiger partial charge on any atom is 0.339 e. The van der Waals surface area contributed by atoms with Crippen molar-refractivity contribution in [1.82, 2.24) is 20.7 Å². The molecule has 2 aromatic heterocycles. The van der Waals surface area contributed by atoms with E-state index in [4.69, 9.17) is 11.6 Å². The summed E-state index contributed by atoms with van der Waals surface area (Å²) in [6.45, 7) is 0. The molecule has 5 rings (SSSR count). The molecule has 3 amide bonds. The summed E-state index contributed by atoms with van der Waals surface area (Å²) in [6, 6.07) is 7.16. The van der Waals surface area contributed by atoms with E-state index in [9.17, 15) is 18.8 Å². The van der Waals surface area contributed by atoms with Crippen LogP contribution in [0.4, 0.5) is 20.8 Å². The van der Waals surface area contributed by atoms with Crippen molar-refractivity contribution in [2.45, 2.75) is 31.7 Å². The number of amides is 3. The lowest BCUT2D eigenvalue weighted by Crippen LogP contribution is -2.37. The highest BCUT2D eigenvalue weighted by Gasteiger charge is 2.27. The van der Waals surface area contributed by atoms with Gasteiger partial charge < -0.3 is 5.32 Å². The van der Waals surface area contributed by atoms with E-state index in [0.717, 1.165) is 16.7 Å². The molecule has 1 aliphatic carbocycles. The van der Waals surface area contributed by atoms with Crippen molar-refractivity contribution >= 4 is 52.1 Å². The summed E-state index contributed by atoms with van der Waals surface area (Å²) >= 11 is 7.44. The first-order valence-corrected chi connectivity index (χ1v) is 12.9. The van der Waals surface area contributed by atoms with Crippen LogP contribution in [-0.2, 0) is 24.1 Å². The Bertz CT molecular complexity index is 1400. The number of nitrogens with zero attached hydrogens (tertiary/aromatic N) is 2. The monoisotopic (exact) mass is 540 g/mol. The predicted molar refractivity (Wildman–Crippen MR) is 139 cm³/mol. The second-order valence-electron chi connectivity index (χ2n) is 8.59. The molecule has 4 N–H and O–H groups in total. The lowest BCUT2D eigenvalue weighted by molar-refractivity contribution is -0.112. The summed E-state index contributed by atoms with van der Waals surface area (Å²) in [5.74, 6) is 0.496. The van der Waals surface area contributed by atoms with E-state index in [0.29, 0.717) is 42.8 Å². The SMILES string of the molecule is O=C(NNc1ncc(C(=O)N[C@@H]2CCSC2=O)cc1Cl)Nc1nccc2c1Cc1cccc(F)c1CC2. The quantitative estimate of drug-likeness (QED) is 0.362. The maximum absolute atomic E-state index is 14.3. The first-order chi connectivity index (χ1) is 17.9. The Morgan fingerprint density at radius 3 is 2.73 bits per heavy atom. The first kappa shape index (κ1) is 25.0. The predicted octanol–water partition coefficient (Wildman–Crippen LogP) is 3.87. The molecule has 12 heteroatoms. The lowest BCUT2D eigenvalue weighted by atomic mass is 10.0. The van der Waals surface area contributed by atoms with Gasteiger partial charge in [0.2, 0.25) is 5.12 Å². The molecular weight excluding hydrogens is 519 g/mol. The van der Waals surface area contributed by atoms with Crippen LogP contribution in [0.2, 0.25) is 5.02 Å². The molecule has 0 unspecified atom stereocenters. The number of urea groups is 1. The molecule has 0 bridgehead atoms. The van der Waals surface area contributed by atoms with E-state index in [1.807, 2.05) is 12.1 Å². The zero-order valence-electron chi connectivity index (χ0n) is 19.4. The molecule has 0 radical (unpaired) electrons. The summed E-state index contributed by atoms with van der Waals surface area (Å²) in [7, 11) is 0. The third-order valence-corrected chi connectivity index (χ3v) is 7.55. The molecule has 0 saturated carbocycles. The van der Waals surface area contributed by atoms with Gasteiger partial charge in [-0.1, -0.05) is 35.5 Å². The number of benzene rings is 1. The Kier molecular flexibility index (Phi) is 7.24. The molecular formula is C25H22ClFN6O3S. The molecule has 37 heavy (non-hydrogen) atoms. The van der Waals surface area contributed by atoms with Gasteiger partial charge in [0, 0.05) is 30.1 Å². The highest BCUT2D eigenvalue weighted by Crippen LogP contribution is 2.29. The van der Waals surface area contributed by atoms with E-state index in [-0.39, 0.29) is 27.3 Å². The van der Waals surface area contributed by atoms with Gasteiger partial charge in [-0.3, -0.25) is 20.3 Å². The minimum atomic E-state index is -0.610. The zero-order valence-corrected chi connectivity index (χ0v) is 21.0. The van der Waals surface area contributed by atoms with Crippen LogP contribution in [0.25, 0.3) is 0 Å². The van der Waals surface area contributed by atoms with E-state index < -0.39 is 18.0 Å². The number of hydrogen-bond acceptors (Lipinski definition) is 7. The highest BCUT2D eigenvalue weighted by molar-refractivity contribution is 8.14. The van der Waals surface area contributed by atoms with Crippen molar-refractivity contribution in [2.75, 3.05) is 16.5 Å². The molecule has 1 atom stereocenters. The minimum absolute atomic E-state index is 0.0675. The van der Waals surface area contributed by atoms with Crippen LogP contribution in [0.1, 0.15) is 39.0 Å². The average molecular weight is 541 g/mol. The van der Waals surface area contributed by atoms with Gasteiger partial charge in [-0.25, -0.2) is 24.6 Å². The van der Waals surface area contributed by atoms with Crippen molar-refractivity contribution in [3.63, 3.8) is 0 Å². The molecule has 0 spiro atoms. The first-order valence-electron chi connectivity index (χ1n) is 11.6. The van der Waals surface area contributed by atoms with Crippen molar-refractivity contribution in [3.8, 4) is 0 Å². The fourth-order valence-corrected chi connectivity index (χ4v) is 5.49. The number of aromatic nitrogens is 2. The van der Waals surface area contributed by atoms with Crippen LogP contribution in [0.5, 0.6) is 0 Å². The number of thioether (sulfide) groups is 1. The second-order valence-corrected chi connectivity index (χ2v) is 10.1. The molecule has 3 heterocycles. The minimum Gasteiger partial charge on any atom is -0.341 e. The van der Waals surface area contributed by atoms with Crippen LogP contribution in [0, 0.1) is 5.82 Å². The summed E-state index contributed by atoms with van der Waals surface area (Å²) in [4.78, 5) is 45.2. The van der Waals surface area contributed by atoms with Gasteiger partial charge in [-0.05, 0) is 54.2 Å². The smallest absolute Gasteiger partial charge is 0.339 e. The Labute approximate surface area is 221 Å². The number of hydrazine groups is 1. The molecule has 2 aliphatic rings. The van der Waals surface area contributed by atoms with Crippen molar-refractivity contribution in [1.29, 1.82) is 0 Å². The van der Waals surface area contributed by atoms with Gasteiger partial charge in [0.05, 0.1) is 16.6 Å². The number of nitrogens with one attached hydrogen (secondary N) is 4. The van der Waals surface area contributed by atoms with Crippen molar-refractivity contribution in [3.05, 3.63) is 81.4 Å². The number of anilines is 2. The number of pyridine rings is 2. The lowest BCUT2D eigenvalue weighted by Gasteiger charge is -2.15. The summed E-state index contributed by atoms with van der Waals surface area (Å²) in [6.07, 6.45) is 5.13. The van der Waals surface area contributed by atoms with E-state index >= 15 is 0 Å². The van der Waals surface area contributed by atoms with Crippen LogP contribution in [0.3, 0.4) is 0 Å². The second kappa shape index (κ2) is 10.7. The largest absolute Gasteiger partial charge is 0.341 e. The maximum atomic E-state index is 14.3. The standard InChI is InChI=1S/C25H22ClFN6O3S/c26-18-11-15(23(34)30-20-7-9-37-24(20)35)12-29-22(18)32-33-25(36)31-21-17-10-14-2-1-3-19(27)16(14)5-4-13(17)6-8-28-21/h1-3,6,8,11-12,20H,4-5,7,9-10H2,(H,29,32)(H,30,34)(H2,28,31,33,36)/t20-/m1/s1. The van der Waals surface area contributed by atoms with Gasteiger partial charge in [0.1, 0.15) is 11.6 Å². The third-order valence-electron chi connectivity index (χ3n) is 6.25. The van der Waals surface area contributed by atoms with E-state index in [2.05, 4.69) is 31.5 Å². The van der Waals surface area contributed by atoms with Crippen LogP contribution in [0.15, 0.2) is 42.7 Å². The number of rotatable bonds is 5. The van der Waals surface area contributed by atoms with E-state index in [1.165, 1.54) is 30.1 Å². The number of carbonyl (C=O) groups is 3. The van der Waals surface area contributed by atoms with E-state index in [1.54, 1.807) is 12.3 Å². The van der Waals surface area contributed by atoms with Gasteiger partial charge in [0.15, 0.2) is 5.82 Å². The normalized spacial score (nSPS) is 16.3. The highest BCUT2D eigenvalue weighted by atomic mass is 35.5. The Hall–Kier alpha value is -3.70. The molecule has 9 nitrogen and oxygen atoms in total. The molecule has 1 fully saturated rings. The fourth-order valence-electron chi connectivity index (χ4n) is 4.35. The van der Waals surface area contributed by atoms with Crippen LogP contribution in [-0.4, -0.2) is 38.8 Å². The Morgan fingerprint density at radius 1 is 1.08 bits per heavy atom. The van der Waals surface area contributed by atoms with Gasteiger partial charge >= 0.3 is 6.03 Å². The third kappa shape index (κ3) is 5.52.